The molecule has 0 saturated heterocycles. The van der Waals surface area contributed by atoms with E-state index in [1.165, 1.54) is 25.7 Å². The van der Waals surface area contributed by atoms with Gasteiger partial charge in [0.1, 0.15) is 0 Å². The first-order valence-electron chi connectivity index (χ1n) is 6.98. The molecule has 5 nitrogen and oxygen atoms in total. The summed E-state index contributed by atoms with van der Waals surface area (Å²) in [5.74, 6) is 1.48. The first-order chi connectivity index (χ1) is 8.48. The van der Waals surface area contributed by atoms with Gasteiger partial charge in [0, 0.05) is 6.04 Å². The van der Waals surface area contributed by atoms with Crippen LogP contribution in [0, 0.1) is 11.3 Å². The zero-order valence-corrected chi connectivity index (χ0v) is 11.9. The van der Waals surface area contributed by atoms with E-state index < -0.39 is 0 Å². The molecule has 102 valence electrons. The first-order valence-corrected chi connectivity index (χ1v) is 6.98. The summed E-state index contributed by atoms with van der Waals surface area (Å²) in [5.41, 5.74) is 0.356. The van der Waals surface area contributed by atoms with Gasteiger partial charge in [-0.1, -0.05) is 38.8 Å². The molecule has 1 aromatic heterocycles. The van der Waals surface area contributed by atoms with Crippen LogP contribution in [-0.4, -0.2) is 26.7 Å². The summed E-state index contributed by atoms with van der Waals surface area (Å²) in [5, 5.41) is 18.0. The van der Waals surface area contributed by atoms with E-state index in [1.54, 1.807) is 0 Å². The fraction of sp³-hybridized carbons (Fsp3) is 0.923. The third kappa shape index (κ3) is 3.07. The van der Waals surface area contributed by atoms with Crippen LogP contribution >= 0.6 is 0 Å². The second-order valence-electron chi connectivity index (χ2n) is 6.52. The average Bonchev–Trinajstić information content (AvgIpc) is 2.81. The van der Waals surface area contributed by atoms with Gasteiger partial charge in [0.15, 0.2) is 5.82 Å². The molecular weight excluding hydrogens is 226 g/mol. The summed E-state index contributed by atoms with van der Waals surface area (Å²) >= 11 is 0. The third-order valence-electron chi connectivity index (χ3n) is 4.09. The number of aromatic nitrogens is 4. The Hall–Kier alpha value is -0.970. The number of rotatable bonds is 3. The van der Waals surface area contributed by atoms with Crippen molar-refractivity contribution in [2.24, 2.45) is 11.3 Å². The molecule has 0 aromatic carbocycles. The molecular formula is C13H25N5. The van der Waals surface area contributed by atoms with Crippen molar-refractivity contribution in [3.63, 3.8) is 0 Å². The lowest BCUT2D eigenvalue weighted by Crippen LogP contribution is -2.45. The predicted molar refractivity (Wildman–Crippen MR) is 70.9 cm³/mol. The van der Waals surface area contributed by atoms with E-state index >= 15 is 0 Å². The predicted octanol–water partition coefficient (Wildman–Crippen LogP) is 2.46. The quantitative estimate of drug-likeness (QED) is 0.866. The van der Waals surface area contributed by atoms with Gasteiger partial charge in [-0.2, -0.15) is 5.21 Å². The van der Waals surface area contributed by atoms with Crippen LogP contribution in [0.1, 0.15) is 65.2 Å². The van der Waals surface area contributed by atoms with Gasteiger partial charge < -0.3 is 5.32 Å². The first kappa shape index (κ1) is 13.5. The van der Waals surface area contributed by atoms with Crippen LogP contribution < -0.4 is 5.32 Å². The highest BCUT2D eigenvalue weighted by Crippen LogP contribution is 2.38. The summed E-state index contributed by atoms with van der Waals surface area (Å²) in [7, 11) is 0. The molecule has 1 fully saturated rings. The Labute approximate surface area is 109 Å². The highest BCUT2D eigenvalue weighted by molar-refractivity contribution is 4.93. The van der Waals surface area contributed by atoms with Crippen molar-refractivity contribution in [1.29, 1.82) is 0 Å². The molecule has 0 spiro atoms. The van der Waals surface area contributed by atoms with E-state index in [1.807, 2.05) is 0 Å². The molecule has 2 N–H and O–H groups in total. The summed E-state index contributed by atoms with van der Waals surface area (Å²) < 4.78 is 0. The highest BCUT2D eigenvalue weighted by Gasteiger charge is 2.34. The Morgan fingerprint density at radius 2 is 2.00 bits per heavy atom. The van der Waals surface area contributed by atoms with Gasteiger partial charge in [-0.15, -0.1) is 10.2 Å². The number of H-pyrrole nitrogens is 1. The maximum absolute atomic E-state index is 4.06. The lowest BCUT2D eigenvalue weighted by molar-refractivity contribution is 0.123. The van der Waals surface area contributed by atoms with E-state index in [0.29, 0.717) is 11.5 Å². The second kappa shape index (κ2) is 5.34. The van der Waals surface area contributed by atoms with Gasteiger partial charge in [-0.25, -0.2) is 0 Å². The van der Waals surface area contributed by atoms with Crippen molar-refractivity contribution in [1.82, 2.24) is 25.9 Å². The molecule has 3 atom stereocenters. The number of hydrogen-bond acceptors (Lipinski definition) is 4. The fourth-order valence-corrected chi connectivity index (χ4v) is 3.12. The maximum Gasteiger partial charge on any atom is 0.191 e. The van der Waals surface area contributed by atoms with Crippen LogP contribution in [0.5, 0.6) is 0 Å². The van der Waals surface area contributed by atoms with Gasteiger partial charge in [0.25, 0.3) is 0 Å². The van der Waals surface area contributed by atoms with Crippen molar-refractivity contribution >= 4 is 0 Å². The fourth-order valence-electron chi connectivity index (χ4n) is 3.12. The lowest BCUT2D eigenvalue weighted by Gasteiger charge is -2.41. The Morgan fingerprint density at radius 1 is 1.28 bits per heavy atom. The zero-order chi connectivity index (χ0) is 13.2. The van der Waals surface area contributed by atoms with Crippen LogP contribution in [0.2, 0.25) is 0 Å². The van der Waals surface area contributed by atoms with E-state index in [-0.39, 0.29) is 6.04 Å². The summed E-state index contributed by atoms with van der Waals surface area (Å²) in [6.45, 7) is 9.14. The topological polar surface area (TPSA) is 66.5 Å². The van der Waals surface area contributed by atoms with Crippen LogP contribution in [0.4, 0.5) is 0 Å². The van der Waals surface area contributed by atoms with E-state index in [0.717, 1.165) is 11.7 Å². The molecule has 1 aliphatic carbocycles. The van der Waals surface area contributed by atoms with E-state index in [2.05, 4.69) is 53.6 Å². The normalized spacial score (nSPS) is 27.1. The molecule has 0 amide bonds. The van der Waals surface area contributed by atoms with Gasteiger partial charge in [0.05, 0.1) is 6.04 Å². The number of hydrogen-bond donors (Lipinski definition) is 2. The SMILES string of the molecule is CC(NC1CCCCC1C(C)(C)C)c1nn[nH]n1. The van der Waals surface area contributed by atoms with E-state index in [9.17, 15) is 0 Å². The van der Waals surface area contributed by atoms with Crippen molar-refractivity contribution in [2.45, 2.75) is 65.5 Å². The highest BCUT2D eigenvalue weighted by atomic mass is 15.5. The Balaban J connectivity index is 2.01. The van der Waals surface area contributed by atoms with Crippen molar-refractivity contribution in [2.75, 3.05) is 0 Å². The molecule has 2 rings (SSSR count). The van der Waals surface area contributed by atoms with Gasteiger partial charge in [-0.3, -0.25) is 0 Å². The third-order valence-corrected chi connectivity index (χ3v) is 4.09. The van der Waals surface area contributed by atoms with Gasteiger partial charge in [0.2, 0.25) is 0 Å². The molecule has 1 heterocycles. The molecule has 1 aliphatic rings. The monoisotopic (exact) mass is 251 g/mol. The summed E-state index contributed by atoms with van der Waals surface area (Å²) in [6, 6.07) is 0.726. The summed E-state index contributed by atoms with van der Waals surface area (Å²) in [4.78, 5) is 0. The minimum atomic E-state index is 0.164. The lowest BCUT2D eigenvalue weighted by atomic mass is 9.69. The van der Waals surface area contributed by atoms with Gasteiger partial charge in [-0.05, 0) is 31.1 Å². The number of tetrazole rings is 1. The van der Waals surface area contributed by atoms with Crippen molar-refractivity contribution in [3.8, 4) is 0 Å². The maximum atomic E-state index is 4.06. The number of nitrogens with one attached hydrogen (secondary N) is 2. The van der Waals surface area contributed by atoms with Gasteiger partial charge >= 0.3 is 0 Å². The molecule has 0 radical (unpaired) electrons. The van der Waals surface area contributed by atoms with Crippen LogP contribution in [0.15, 0.2) is 0 Å². The largest absolute Gasteiger partial charge is 0.304 e. The number of nitrogens with zero attached hydrogens (tertiary/aromatic N) is 3. The van der Waals surface area contributed by atoms with Crippen LogP contribution in [0.25, 0.3) is 0 Å². The minimum Gasteiger partial charge on any atom is -0.304 e. The Kier molecular flexibility index (Phi) is 4.00. The Morgan fingerprint density at radius 3 is 2.61 bits per heavy atom. The molecule has 1 aromatic rings. The molecule has 3 unspecified atom stereocenters. The standard InChI is InChI=1S/C13H25N5/c1-9(12-15-17-18-16-12)14-11-8-6-5-7-10(11)13(2,3)4/h9-11,14H,5-8H2,1-4H3,(H,15,16,17,18). The molecule has 5 heteroatoms. The molecule has 0 bridgehead atoms. The summed E-state index contributed by atoms with van der Waals surface area (Å²) in [6.07, 6.45) is 5.25. The van der Waals surface area contributed by atoms with Crippen molar-refractivity contribution < 1.29 is 0 Å². The minimum absolute atomic E-state index is 0.164. The van der Waals surface area contributed by atoms with Crippen LogP contribution in [-0.2, 0) is 0 Å². The molecule has 0 aliphatic heterocycles. The van der Waals surface area contributed by atoms with Crippen LogP contribution in [0.3, 0.4) is 0 Å². The van der Waals surface area contributed by atoms with Crippen molar-refractivity contribution in [3.05, 3.63) is 5.82 Å². The number of aromatic amines is 1. The Bertz CT molecular complexity index is 354. The van der Waals surface area contributed by atoms with E-state index in [4.69, 9.17) is 0 Å². The molecule has 18 heavy (non-hydrogen) atoms. The zero-order valence-electron chi connectivity index (χ0n) is 11.9. The average molecular weight is 251 g/mol. The second-order valence-corrected chi connectivity index (χ2v) is 6.52. The smallest absolute Gasteiger partial charge is 0.191 e. The molecule has 1 saturated carbocycles.